The lowest BCUT2D eigenvalue weighted by molar-refractivity contribution is 0.0941. The Morgan fingerprint density at radius 2 is 1.52 bits per heavy atom. The summed E-state index contributed by atoms with van der Waals surface area (Å²) in [6.45, 7) is 0. The number of carbonyl (C=O) groups excluding carboxylic acids is 1. The summed E-state index contributed by atoms with van der Waals surface area (Å²) in [7, 11) is -0.830. The molecule has 0 aliphatic rings. The maximum atomic E-state index is 12.8. The van der Waals surface area contributed by atoms with Crippen molar-refractivity contribution in [1.29, 1.82) is 0 Å². The van der Waals surface area contributed by atoms with Gasteiger partial charge in [-0.15, -0.1) is 0 Å². The van der Waals surface area contributed by atoms with Crippen LogP contribution in [0.5, 0.6) is 0 Å². The van der Waals surface area contributed by atoms with E-state index >= 15 is 0 Å². The quantitative estimate of drug-likeness (QED) is 0.788. The lowest BCUT2D eigenvalue weighted by Gasteiger charge is -2.25. The molecule has 1 N–H and O–H groups in total. The summed E-state index contributed by atoms with van der Waals surface area (Å²) >= 11 is 0. The first-order valence-corrected chi connectivity index (χ1v) is 8.81. The van der Waals surface area contributed by atoms with Crippen molar-refractivity contribution in [3.63, 3.8) is 0 Å². The van der Waals surface area contributed by atoms with Gasteiger partial charge in [0.2, 0.25) is 0 Å². The van der Waals surface area contributed by atoms with Crippen LogP contribution in [0, 0.1) is 0 Å². The number of benzene rings is 2. The third-order valence-corrected chi connectivity index (χ3v) is 5.59. The van der Waals surface area contributed by atoms with Crippen molar-refractivity contribution in [3.8, 4) is 0 Å². The molecule has 0 saturated carbocycles. The van der Waals surface area contributed by atoms with E-state index in [-0.39, 0.29) is 5.91 Å². The zero-order valence-corrected chi connectivity index (χ0v) is 14.0. The molecule has 5 nitrogen and oxygen atoms in total. The van der Waals surface area contributed by atoms with Crippen molar-refractivity contribution >= 4 is 13.5 Å². The summed E-state index contributed by atoms with van der Waals surface area (Å²) in [5.41, 5.74) is 1.42. The maximum Gasteiger partial charge on any atom is 0.352 e. The van der Waals surface area contributed by atoms with E-state index in [1.807, 2.05) is 36.4 Å². The molecule has 2 aromatic rings. The van der Waals surface area contributed by atoms with E-state index in [2.05, 4.69) is 5.32 Å². The molecule has 0 bridgehead atoms. The topological polar surface area (TPSA) is 64.6 Å². The summed E-state index contributed by atoms with van der Waals surface area (Å²) < 4.78 is 22.9. The highest BCUT2D eigenvalue weighted by Gasteiger charge is 2.35. The lowest BCUT2D eigenvalue weighted by atomic mass is 10.1. The Hall–Kier alpha value is -1.94. The van der Waals surface area contributed by atoms with Crippen LogP contribution in [0.15, 0.2) is 60.7 Å². The normalized spacial score (nSPS) is 12.6. The maximum absolute atomic E-state index is 12.8. The molecular formula is C17H20NO4P. The van der Waals surface area contributed by atoms with Gasteiger partial charge in [-0.25, -0.2) is 0 Å². The molecule has 0 aliphatic carbocycles. The van der Waals surface area contributed by atoms with Gasteiger partial charge in [0.15, 0.2) is 0 Å². The van der Waals surface area contributed by atoms with E-state index in [9.17, 15) is 9.36 Å². The molecule has 0 radical (unpaired) electrons. The Labute approximate surface area is 136 Å². The molecule has 0 aromatic heterocycles. The Balaban J connectivity index is 2.23. The molecule has 0 unspecified atom stereocenters. The number of amides is 1. The van der Waals surface area contributed by atoms with Crippen molar-refractivity contribution < 1.29 is 18.4 Å². The van der Waals surface area contributed by atoms with Gasteiger partial charge in [0.05, 0.1) is 0 Å². The second-order valence-electron chi connectivity index (χ2n) is 4.95. The van der Waals surface area contributed by atoms with Crippen LogP contribution in [0.2, 0.25) is 0 Å². The van der Waals surface area contributed by atoms with Crippen LogP contribution in [0.25, 0.3) is 0 Å². The first kappa shape index (κ1) is 17.4. The van der Waals surface area contributed by atoms with Gasteiger partial charge in [0.1, 0.15) is 5.78 Å². The average molecular weight is 333 g/mol. The predicted molar refractivity (Wildman–Crippen MR) is 89.5 cm³/mol. The van der Waals surface area contributed by atoms with Crippen molar-refractivity contribution in [1.82, 2.24) is 5.32 Å². The molecule has 2 rings (SSSR count). The van der Waals surface area contributed by atoms with Gasteiger partial charge >= 0.3 is 7.60 Å². The molecule has 6 heteroatoms. The second-order valence-corrected chi connectivity index (χ2v) is 7.38. The van der Waals surface area contributed by atoms with Crippen LogP contribution < -0.4 is 5.32 Å². The SMILES string of the molecule is COP(=O)(OC)[C@@H](Cc1ccccc1)NC(=O)c1ccccc1. The molecule has 122 valence electrons. The van der Waals surface area contributed by atoms with E-state index < -0.39 is 13.4 Å². The van der Waals surface area contributed by atoms with Gasteiger partial charge in [0, 0.05) is 26.2 Å². The fourth-order valence-corrected chi connectivity index (χ4v) is 3.60. The summed E-state index contributed by atoms with van der Waals surface area (Å²) in [5, 5.41) is 2.77. The van der Waals surface area contributed by atoms with Crippen LogP contribution in [-0.4, -0.2) is 25.9 Å². The highest BCUT2D eigenvalue weighted by atomic mass is 31.2. The van der Waals surface area contributed by atoms with E-state index in [4.69, 9.17) is 9.05 Å². The van der Waals surface area contributed by atoms with E-state index in [1.165, 1.54) is 14.2 Å². The first-order valence-electron chi connectivity index (χ1n) is 7.20. The van der Waals surface area contributed by atoms with Gasteiger partial charge in [-0.3, -0.25) is 9.36 Å². The number of nitrogens with one attached hydrogen (secondary N) is 1. The van der Waals surface area contributed by atoms with E-state index in [0.29, 0.717) is 12.0 Å². The largest absolute Gasteiger partial charge is 0.352 e. The molecule has 2 aromatic carbocycles. The molecular weight excluding hydrogens is 313 g/mol. The minimum atomic E-state index is -3.46. The van der Waals surface area contributed by atoms with Gasteiger partial charge < -0.3 is 14.4 Å². The zero-order chi connectivity index (χ0) is 16.7. The standard InChI is InChI=1S/C17H20NO4P/c1-21-23(20,22-2)16(13-14-9-5-3-6-10-14)18-17(19)15-11-7-4-8-12-15/h3-12,16H,13H2,1-2H3,(H,18,19)/t16-/m0/s1. The van der Waals surface area contributed by atoms with Crippen LogP contribution in [0.3, 0.4) is 0 Å². The second kappa shape index (κ2) is 8.06. The van der Waals surface area contributed by atoms with Crippen molar-refractivity contribution in [2.75, 3.05) is 14.2 Å². The number of rotatable bonds is 7. The molecule has 1 atom stereocenters. The van der Waals surface area contributed by atoms with Crippen molar-refractivity contribution in [2.45, 2.75) is 12.2 Å². The summed E-state index contributed by atoms with van der Waals surface area (Å²) in [5.74, 6) is -1.09. The third kappa shape index (κ3) is 4.52. The summed E-state index contributed by atoms with van der Waals surface area (Å²) in [6.07, 6.45) is 0.346. The Morgan fingerprint density at radius 1 is 1.00 bits per heavy atom. The summed E-state index contributed by atoms with van der Waals surface area (Å²) in [4.78, 5) is 12.4. The van der Waals surface area contributed by atoms with Gasteiger partial charge in [-0.05, 0) is 17.7 Å². The van der Waals surface area contributed by atoms with Crippen LogP contribution in [0.1, 0.15) is 15.9 Å². The average Bonchev–Trinajstić information content (AvgIpc) is 2.62. The molecule has 0 aliphatic heterocycles. The van der Waals surface area contributed by atoms with Crippen LogP contribution in [-0.2, 0) is 20.0 Å². The van der Waals surface area contributed by atoms with E-state index in [0.717, 1.165) is 5.56 Å². The van der Waals surface area contributed by atoms with Crippen molar-refractivity contribution in [3.05, 3.63) is 71.8 Å². The third-order valence-electron chi connectivity index (χ3n) is 3.50. The molecule has 0 fully saturated rings. The smallest absolute Gasteiger partial charge is 0.338 e. The van der Waals surface area contributed by atoms with E-state index in [1.54, 1.807) is 24.3 Å². The highest BCUT2D eigenvalue weighted by molar-refractivity contribution is 7.54. The lowest BCUT2D eigenvalue weighted by Crippen LogP contribution is -2.37. The van der Waals surface area contributed by atoms with Crippen molar-refractivity contribution in [2.24, 2.45) is 0 Å². The fourth-order valence-electron chi connectivity index (χ4n) is 2.23. The minimum absolute atomic E-state index is 0.319. The summed E-state index contributed by atoms with van der Waals surface area (Å²) in [6, 6.07) is 18.2. The Kier molecular flexibility index (Phi) is 6.11. The van der Waals surface area contributed by atoms with Crippen LogP contribution >= 0.6 is 7.60 Å². The first-order chi connectivity index (χ1) is 11.1. The molecule has 0 heterocycles. The molecule has 0 spiro atoms. The zero-order valence-electron chi connectivity index (χ0n) is 13.1. The Morgan fingerprint density at radius 3 is 2.04 bits per heavy atom. The monoisotopic (exact) mass is 333 g/mol. The Bertz CT molecular complexity index is 668. The molecule has 1 amide bonds. The fraction of sp³-hybridized carbons (Fsp3) is 0.235. The number of hydrogen-bond acceptors (Lipinski definition) is 4. The minimum Gasteiger partial charge on any atom is -0.338 e. The highest BCUT2D eigenvalue weighted by Crippen LogP contribution is 2.51. The van der Waals surface area contributed by atoms with Gasteiger partial charge in [-0.2, -0.15) is 0 Å². The van der Waals surface area contributed by atoms with Gasteiger partial charge in [0.25, 0.3) is 5.91 Å². The number of hydrogen-bond donors (Lipinski definition) is 1. The number of carbonyl (C=O) groups is 1. The molecule has 23 heavy (non-hydrogen) atoms. The molecule has 0 saturated heterocycles. The van der Waals surface area contributed by atoms with Crippen LogP contribution in [0.4, 0.5) is 0 Å². The predicted octanol–water partition coefficient (Wildman–Crippen LogP) is 3.47. The van der Waals surface area contributed by atoms with Gasteiger partial charge in [-0.1, -0.05) is 48.5 Å².